The summed E-state index contributed by atoms with van der Waals surface area (Å²) < 4.78 is 5.68. The first kappa shape index (κ1) is 18.7. The minimum atomic E-state index is 0.0401. The summed E-state index contributed by atoms with van der Waals surface area (Å²) in [5.74, 6) is 1.83. The molecule has 2 fully saturated rings. The molecule has 2 aliphatic rings. The Hall–Kier alpha value is -2.04. The highest BCUT2D eigenvalue weighted by molar-refractivity contribution is 5.94. The second kappa shape index (κ2) is 8.56. The fourth-order valence-electron chi connectivity index (χ4n) is 3.39. The van der Waals surface area contributed by atoms with Gasteiger partial charge in [-0.3, -0.25) is 9.59 Å². The number of carbonyl (C=O) groups excluding carboxylic acids is 2. The van der Waals surface area contributed by atoms with Crippen LogP contribution in [0.4, 0.5) is 0 Å². The molecule has 0 radical (unpaired) electrons. The molecule has 0 aromatic heterocycles. The quantitative estimate of drug-likeness (QED) is 0.812. The molecule has 0 atom stereocenters. The number of carbonyl (C=O) groups is 2. The van der Waals surface area contributed by atoms with Crippen molar-refractivity contribution in [2.24, 2.45) is 11.8 Å². The largest absolute Gasteiger partial charge is 0.493 e. The molecular formula is C21H30N2O3. The van der Waals surface area contributed by atoms with E-state index in [0.717, 1.165) is 31.6 Å². The number of hydrogen-bond acceptors (Lipinski definition) is 3. The topological polar surface area (TPSA) is 49.9 Å². The monoisotopic (exact) mass is 358 g/mol. The Balaban J connectivity index is 1.55. The molecule has 0 unspecified atom stereocenters. The maximum atomic E-state index is 12.8. The van der Waals surface area contributed by atoms with Gasteiger partial charge in [-0.2, -0.15) is 0 Å². The summed E-state index contributed by atoms with van der Waals surface area (Å²) in [5.41, 5.74) is 0.681. The van der Waals surface area contributed by atoms with E-state index in [2.05, 4.69) is 13.8 Å². The van der Waals surface area contributed by atoms with Crippen molar-refractivity contribution in [3.05, 3.63) is 29.8 Å². The van der Waals surface area contributed by atoms with Gasteiger partial charge in [0.15, 0.2) is 0 Å². The van der Waals surface area contributed by atoms with Crippen LogP contribution in [0.2, 0.25) is 0 Å². The third kappa shape index (κ3) is 4.57. The predicted octanol–water partition coefficient (Wildman–Crippen LogP) is 3.20. The van der Waals surface area contributed by atoms with Crippen molar-refractivity contribution >= 4 is 11.8 Å². The van der Waals surface area contributed by atoms with Gasteiger partial charge in [-0.05, 0) is 49.4 Å². The normalized spacial score (nSPS) is 18.4. The molecule has 1 aromatic carbocycles. The van der Waals surface area contributed by atoms with E-state index < -0.39 is 0 Å². The molecule has 1 saturated carbocycles. The van der Waals surface area contributed by atoms with Crippen LogP contribution in [0.5, 0.6) is 5.75 Å². The SMILES string of the molecule is CC(C)COc1ccc(C(=O)N2CCCN(C(=O)C3CCC3)CC2)cc1. The Morgan fingerprint density at radius 2 is 1.65 bits per heavy atom. The highest BCUT2D eigenvalue weighted by Crippen LogP contribution is 2.28. The second-order valence-corrected chi connectivity index (χ2v) is 7.83. The lowest BCUT2D eigenvalue weighted by molar-refractivity contribution is -0.138. The number of rotatable bonds is 5. The molecular weight excluding hydrogens is 328 g/mol. The predicted molar refractivity (Wildman–Crippen MR) is 101 cm³/mol. The van der Waals surface area contributed by atoms with Crippen molar-refractivity contribution in [1.29, 1.82) is 0 Å². The van der Waals surface area contributed by atoms with E-state index in [1.807, 2.05) is 34.1 Å². The molecule has 1 heterocycles. The zero-order chi connectivity index (χ0) is 18.5. The summed E-state index contributed by atoms with van der Waals surface area (Å²) in [7, 11) is 0. The van der Waals surface area contributed by atoms with Gasteiger partial charge in [-0.1, -0.05) is 20.3 Å². The van der Waals surface area contributed by atoms with Crippen LogP contribution in [0.25, 0.3) is 0 Å². The minimum Gasteiger partial charge on any atom is -0.493 e. The molecule has 0 spiro atoms. The van der Waals surface area contributed by atoms with Crippen molar-refractivity contribution in [2.45, 2.75) is 39.5 Å². The van der Waals surface area contributed by atoms with Gasteiger partial charge < -0.3 is 14.5 Å². The first-order valence-electron chi connectivity index (χ1n) is 9.85. The van der Waals surface area contributed by atoms with Crippen LogP contribution in [-0.4, -0.2) is 54.4 Å². The first-order valence-corrected chi connectivity index (χ1v) is 9.85. The lowest BCUT2D eigenvalue weighted by Gasteiger charge is -2.31. The fraction of sp³-hybridized carbons (Fsp3) is 0.619. The second-order valence-electron chi connectivity index (χ2n) is 7.83. The highest BCUT2D eigenvalue weighted by Gasteiger charge is 2.31. The molecule has 5 heteroatoms. The third-order valence-corrected chi connectivity index (χ3v) is 5.23. The van der Waals surface area contributed by atoms with Crippen LogP contribution in [0, 0.1) is 11.8 Å². The smallest absolute Gasteiger partial charge is 0.253 e. The average Bonchev–Trinajstić information content (AvgIpc) is 2.84. The van der Waals surface area contributed by atoms with Crippen molar-refractivity contribution < 1.29 is 14.3 Å². The van der Waals surface area contributed by atoms with Gasteiger partial charge in [0.1, 0.15) is 5.75 Å². The molecule has 142 valence electrons. The number of nitrogens with zero attached hydrogens (tertiary/aromatic N) is 2. The van der Waals surface area contributed by atoms with E-state index in [9.17, 15) is 9.59 Å². The molecule has 1 aliphatic heterocycles. The van der Waals surface area contributed by atoms with E-state index in [1.54, 1.807) is 0 Å². The van der Waals surface area contributed by atoms with Crippen LogP contribution < -0.4 is 4.74 Å². The zero-order valence-corrected chi connectivity index (χ0v) is 15.9. The minimum absolute atomic E-state index is 0.0401. The van der Waals surface area contributed by atoms with E-state index in [4.69, 9.17) is 4.74 Å². The lowest BCUT2D eigenvalue weighted by atomic mass is 9.84. The van der Waals surface area contributed by atoms with Crippen LogP contribution in [0.3, 0.4) is 0 Å². The Labute approximate surface area is 156 Å². The summed E-state index contributed by atoms with van der Waals surface area (Å²) in [6, 6.07) is 7.39. The fourth-order valence-corrected chi connectivity index (χ4v) is 3.39. The lowest BCUT2D eigenvalue weighted by Crippen LogP contribution is -2.41. The van der Waals surface area contributed by atoms with Gasteiger partial charge in [0, 0.05) is 37.7 Å². The van der Waals surface area contributed by atoms with Gasteiger partial charge in [-0.25, -0.2) is 0 Å². The van der Waals surface area contributed by atoms with E-state index in [-0.39, 0.29) is 17.7 Å². The van der Waals surface area contributed by atoms with Crippen molar-refractivity contribution in [3.8, 4) is 5.75 Å². The van der Waals surface area contributed by atoms with Gasteiger partial charge in [0.2, 0.25) is 5.91 Å². The average molecular weight is 358 g/mol. The van der Waals surface area contributed by atoms with E-state index in [1.165, 1.54) is 6.42 Å². The molecule has 2 amide bonds. The standard InChI is InChI=1S/C21H30N2O3/c1-16(2)15-26-19-9-7-18(8-10-19)21(25)23-12-4-11-22(13-14-23)20(24)17-5-3-6-17/h7-10,16-17H,3-6,11-15H2,1-2H3. The summed E-state index contributed by atoms with van der Waals surface area (Å²) in [6.07, 6.45) is 4.08. The Morgan fingerprint density at radius 1 is 1.00 bits per heavy atom. The molecule has 26 heavy (non-hydrogen) atoms. The molecule has 5 nitrogen and oxygen atoms in total. The first-order chi connectivity index (χ1) is 12.5. The molecule has 3 rings (SSSR count). The Morgan fingerprint density at radius 3 is 2.27 bits per heavy atom. The number of amides is 2. The molecule has 1 aromatic rings. The van der Waals surface area contributed by atoms with Crippen LogP contribution in [-0.2, 0) is 4.79 Å². The molecule has 0 N–H and O–H groups in total. The summed E-state index contributed by atoms with van der Waals surface area (Å²) >= 11 is 0. The molecule has 0 bridgehead atoms. The maximum Gasteiger partial charge on any atom is 0.253 e. The van der Waals surface area contributed by atoms with Crippen molar-refractivity contribution in [1.82, 2.24) is 9.80 Å². The Bertz CT molecular complexity index is 623. The zero-order valence-electron chi connectivity index (χ0n) is 15.9. The van der Waals surface area contributed by atoms with Crippen LogP contribution in [0.1, 0.15) is 49.9 Å². The van der Waals surface area contributed by atoms with Gasteiger partial charge in [0.25, 0.3) is 5.91 Å². The van der Waals surface area contributed by atoms with Crippen LogP contribution in [0.15, 0.2) is 24.3 Å². The molecule has 1 aliphatic carbocycles. The van der Waals surface area contributed by atoms with Crippen molar-refractivity contribution in [2.75, 3.05) is 32.8 Å². The van der Waals surface area contributed by atoms with E-state index in [0.29, 0.717) is 37.7 Å². The highest BCUT2D eigenvalue weighted by atomic mass is 16.5. The summed E-state index contributed by atoms with van der Waals surface area (Å²) in [4.78, 5) is 29.1. The van der Waals surface area contributed by atoms with Gasteiger partial charge in [0.05, 0.1) is 6.61 Å². The van der Waals surface area contributed by atoms with Gasteiger partial charge in [-0.15, -0.1) is 0 Å². The van der Waals surface area contributed by atoms with Crippen molar-refractivity contribution in [3.63, 3.8) is 0 Å². The van der Waals surface area contributed by atoms with Crippen LogP contribution >= 0.6 is 0 Å². The van der Waals surface area contributed by atoms with E-state index >= 15 is 0 Å². The number of hydrogen-bond donors (Lipinski definition) is 0. The maximum absolute atomic E-state index is 12.8. The Kier molecular flexibility index (Phi) is 6.17. The number of benzene rings is 1. The summed E-state index contributed by atoms with van der Waals surface area (Å²) in [5, 5.41) is 0. The summed E-state index contributed by atoms with van der Waals surface area (Å²) in [6.45, 7) is 7.62. The van der Waals surface area contributed by atoms with Gasteiger partial charge >= 0.3 is 0 Å². The molecule has 1 saturated heterocycles. The third-order valence-electron chi connectivity index (χ3n) is 5.23. The number of ether oxygens (including phenoxy) is 1.